The van der Waals surface area contributed by atoms with Crippen molar-refractivity contribution in [3.8, 4) is 0 Å². The molecule has 0 saturated heterocycles. The van der Waals surface area contributed by atoms with Crippen molar-refractivity contribution < 1.29 is 18.0 Å². The number of benzene rings is 1. The summed E-state index contributed by atoms with van der Waals surface area (Å²) in [5.41, 5.74) is -1.29. The third-order valence-electron chi connectivity index (χ3n) is 1.91. The summed E-state index contributed by atoms with van der Waals surface area (Å²) in [5.74, 6) is -0.707. The summed E-state index contributed by atoms with van der Waals surface area (Å²) >= 11 is 4.98. The molecule has 0 saturated carbocycles. The largest absolute Gasteiger partial charge is 0.417 e. The third-order valence-corrected chi connectivity index (χ3v) is 2.94. The van der Waals surface area contributed by atoms with Gasteiger partial charge >= 0.3 is 6.18 Å². The summed E-state index contributed by atoms with van der Waals surface area (Å²) in [6, 6.07) is 3.47. The van der Waals surface area contributed by atoms with Crippen molar-refractivity contribution >= 4 is 44.4 Å². The molecule has 0 aliphatic carbocycles. The standard InChI is InChI=1S/C10H8BrF3INO/c11-6-1-2-7(9(17)16-4-3-15)8(5-6)10(12,13)14/h1-2,5H,3-4H2,(H,16,17). The van der Waals surface area contributed by atoms with Gasteiger partial charge in [-0.25, -0.2) is 0 Å². The number of hydrogen-bond acceptors (Lipinski definition) is 1. The lowest BCUT2D eigenvalue weighted by Gasteiger charge is -2.12. The predicted molar refractivity (Wildman–Crippen MR) is 70.4 cm³/mol. The van der Waals surface area contributed by atoms with Gasteiger partial charge in [0.15, 0.2) is 0 Å². The number of alkyl halides is 4. The van der Waals surface area contributed by atoms with Crippen molar-refractivity contribution in [1.82, 2.24) is 5.32 Å². The highest BCUT2D eigenvalue weighted by atomic mass is 127. The highest BCUT2D eigenvalue weighted by molar-refractivity contribution is 14.1. The van der Waals surface area contributed by atoms with Crippen molar-refractivity contribution in [1.29, 1.82) is 0 Å². The molecule has 0 aromatic heterocycles. The van der Waals surface area contributed by atoms with Crippen LogP contribution in [-0.2, 0) is 6.18 Å². The van der Waals surface area contributed by atoms with Crippen molar-refractivity contribution in [2.24, 2.45) is 0 Å². The average Bonchev–Trinajstić information content (AvgIpc) is 2.24. The van der Waals surface area contributed by atoms with Gasteiger partial charge in [-0.1, -0.05) is 38.5 Å². The Kier molecular flexibility index (Phi) is 5.23. The fourth-order valence-corrected chi connectivity index (χ4v) is 1.84. The maximum absolute atomic E-state index is 12.7. The van der Waals surface area contributed by atoms with Crippen LogP contribution in [-0.4, -0.2) is 16.9 Å². The summed E-state index contributed by atoms with van der Waals surface area (Å²) < 4.78 is 39.1. The van der Waals surface area contributed by atoms with Crippen LogP contribution in [0.4, 0.5) is 13.2 Å². The second-order valence-corrected chi connectivity index (χ2v) is 5.13. The zero-order chi connectivity index (χ0) is 13.1. The van der Waals surface area contributed by atoms with Gasteiger partial charge in [0.05, 0.1) is 11.1 Å². The second-order valence-electron chi connectivity index (χ2n) is 3.13. The van der Waals surface area contributed by atoms with Crippen LogP contribution in [0.2, 0.25) is 0 Å². The average molecular weight is 422 g/mol. The molecule has 0 heterocycles. The molecule has 0 aliphatic heterocycles. The molecule has 0 atom stereocenters. The first-order valence-corrected chi connectivity index (χ1v) is 6.89. The molecule has 17 heavy (non-hydrogen) atoms. The summed E-state index contributed by atoms with van der Waals surface area (Å²) in [5, 5.41) is 2.42. The first-order chi connectivity index (χ1) is 7.86. The fraction of sp³-hybridized carbons (Fsp3) is 0.300. The number of nitrogens with one attached hydrogen (secondary N) is 1. The molecule has 0 fully saturated rings. The van der Waals surface area contributed by atoms with Crippen LogP contribution in [0.5, 0.6) is 0 Å². The van der Waals surface area contributed by atoms with Gasteiger partial charge in [-0.05, 0) is 18.2 Å². The first-order valence-electron chi connectivity index (χ1n) is 4.57. The Bertz CT molecular complexity index is 423. The molecule has 1 amide bonds. The van der Waals surface area contributed by atoms with E-state index in [0.717, 1.165) is 12.1 Å². The monoisotopic (exact) mass is 421 g/mol. The van der Waals surface area contributed by atoms with E-state index in [1.807, 2.05) is 22.6 Å². The van der Waals surface area contributed by atoms with E-state index in [0.29, 0.717) is 11.0 Å². The molecule has 0 unspecified atom stereocenters. The summed E-state index contributed by atoms with van der Waals surface area (Å²) in [7, 11) is 0. The molecule has 7 heteroatoms. The van der Waals surface area contributed by atoms with Crippen molar-refractivity contribution in [3.05, 3.63) is 33.8 Å². The maximum Gasteiger partial charge on any atom is 0.417 e. The highest BCUT2D eigenvalue weighted by Gasteiger charge is 2.35. The lowest BCUT2D eigenvalue weighted by atomic mass is 10.1. The Morgan fingerprint density at radius 1 is 1.41 bits per heavy atom. The molecule has 94 valence electrons. The Morgan fingerprint density at radius 2 is 2.06 bits per heavy atom. The number of carbonyl (C=O) groups excluding carboxylic acids is 1. The lowest BCUT2D eigenvalue weighted by Crippen LogP contribution is -2.27. The lowest BCUT2D eigenvalue weighted by molar-refractivity contribution is -0.138. The van der Waals surface area contributed by atoms with Crippen LogP contribution >= 0.6 is 38.5 Å². The quantitative estimate of drug-likeness (QED) is 0.586. The summed E-state index contributed by atoms with van der Waals surface area (Å²) in [4.78, 5) is 11.6. The van der Waals surface area contributed by atoms with Gasteiger partial charge in [-0.3, -0.25) is 4.79 Å². The van der Waals surface area contributed by atoms with Crippen LogP contribution in [0.1, 0.15) is 15.9 Å². The van der Waals surface area contributed by atoms with Crippen molar-refractivity contribution in [3.63, 3.8) is 0 Å². The molecular formula is C10H8BrF3INO. The predicted octanol–water partition coefficient (Wildman–Crippen LogP) is 3.63. The van der Waals surface area contributed by atoms with Crippen LogP contribution in [0.25, 0.3) is 0 Å². The van der Waals surface area contributed by atoms with Gasteiger partial charge in [0, 0.05) is 15.4 Å². The molecule has 1 N–H and O–H groups in total. The Balaban J connectivity index is 3.11. The topological polar surface area (TPSA) is 29.1 Å². The van der Waals surface area contributed by atoms with E-state index in [4.69, 9.17) is 0 Å². The second kappa shape index (κ2) is 6.03. The molecule has 0 radical (unpaired) electrons. The normalized spacial score (nSPS) is 11.4. The molecule has 0 bridgehead atoms. The van der Waals surface area contributed by atoms with Crippen LogP contribution < -0.4 is 5.32 Å². The molecular weight excluding hydrogens is 414 g/mol. The molecule has 1 aromatic carbocycles. The number of amides is 1. The Labute approximate surface area is 118 Å². The van der Waals surface area contributed by atoms with Gasteiger partial charge in [-0.15, -0.1) is 0 Å². The molecule has 1 rings (SSSR count). The van der Waals surface area contributed by atoms with E-state index in [9.17, 15) is 18.0 Å². The number of hydrogen-bond donors (Lipinski definition) is 1. The van der Waals surface area contributed by atoms with Gasteiger partial charge in [0.25, 0.3) is 5.91 Å². The molecule has 2 nitrogen and oxygen atoms in total. The van der Waals surface area contributed by atoms with Gasteiger partial charge in [-0.2, -0.15) is 13.2 Å². The van der Waals surface area contributed by atoms with Crippen LogP contribution in [0, 0.1) is 0 Å². The van der Waals surface area contributed by atoms with E-state index in [2.05, 4.69) is 21.2 Å². The van der Waals surface area contributed by atoms with E-state index in [-0.39, 0.29) is 10.0 Å². The molecule has 0 aliphatic rings. The fourth-order valence-electron chi connectivity index (χ4n) is 1.21. The zero-order valence-corrected chi connectivity index (χ0v) is 12.2. The van der Waals surface area contributed by atoms with Crippen LogP contribution in [0.3, 0.4) is 0 Å². The van der Waals surface area contributed by atoms with Gasteiger partial charge < -0.3 is 5.32 Å². The van der Waals surface area contributed by atoms with E-state index >= 15 is 0 Å². The smallest absolute Gasteiger partial charge is 0.351 e. The van der Waals surface area contributed by atoms with E-state index in [1.54, 1.807) is 0 Å². The number of carbonyl (C=O) groups is 1. The minimum atomic E-state index is -4.54. The van der Waals surface area contributed by atoms with E-state index < -0.39 is 17.6 Å². The molecule has 1 aromatic rings. The molecule has 0 spiro atoms. The minimum absolute atomic E-state index is 0.287. The highest BCUT2D eigenvalue weighted by Crippen LogP contribution is 2.33. The maximum atomic E-state index is 12.7. The number of halogens is 5. The summed E-state index contributed by atoms with van der Waals surface area (Å²) in [6.45, 7) is 0.340. The number of rotatable bonds is 3. The third kappa shape index (κ3) is 4.13. The zero-order valence-electron chi connectivity index (χ0n) is 8.44. The minimum Gasteiger partial charge on any atom is -0.351 e. The SMILES string of the molecule is O=C(NCCI)c1ccc(Br)cc1C(F)(F)F. The Hall–Kier alpha value is -0.310. The van der Waals surface area contributed by atoms with E-state index in [1.165, 1.54) is 6.07 Å². The van der Waals surface area contributed by atoms with Gasteiger partial charge in [0.1, 0.15) is 0 Å². The van der Waals surface area contributed by atoms with Gasteiger partial charge in [0.2, 0.25) is 0 Å². The summed E-state index contributed by atoms with van der Waals surface area (Å²) in [6.07, 6.45) is -4.54. The Morgan fingerprint density at radius 3 is 2.59 bits per heavy atom. The first kappa shape index (κ1) is 14.7. The van der Waals surface area contributed by atoms with Crippen molar-refractivity contribution in [2.75, 3.05) is 11.0 Å². The van der Waals surface area contributed by atoms with Crippen molar-refractivity contribution in [2.45, 2.75) is 6.18 Å². The van der Waals surface area contributed by atoms with Crippen LogP contribution in [0.15, 0.2) is 22.7 Å².